The van der Waals surface area contributed by atoms with Crippen molar-refractivity contribution in [1.29, 1.82) is 0 Å². The van der Waals surface area contributed by atoms with Gasteiger partial charge >= 0.3 is 12.0 Å². The van der Waals surface area contributed by atoms with Crippen molar-refractivity contribution in [3.8, 4) is 0 Å². The molecule has 102 valence electrons. The van der Waals surface area contributed by atoms with Crippen molar-refractivity contribution < 1.29 is 19.1 Å². The highest BCUT2D eigenvalue weighted by Crippen LogP contribution is 2.44. The molecule has 3 amide bonds. The Morgan fingerprint density at radius 2 is 2.00 bits per heavy atom. The first-order valence-electron chi connectivity index (χ1n) is 6.03. The van der Waals surface area contributed by atoms with Crippen LogP contribution in [-0.2, 0) is 14.3 Å². The molecule has 18 heavy (non-hydrogen) atoms. The Morgan fingerprint density at radius 3 is 2.33 bits per heavy atom. The molecule has 1 rings (SSSR count). The quantitative estimate of drug-likeness (QED) is 0.576. The Labute approximate surface area is 106 Å². The Bertz CT molecular complexity index is 380. The van der Waals surface area contributed by atoms with Crippen LogP contribution in [0.1, 0.15) is 34.1 Å². The van der Waals surface area contributed by atoms with Gasteiger partial charge in [0.1, 0.15) is 6.10 Å². The molecule has 0 aromatic carbocycles. The van der Waals surface area contributed by atoms with Gasteiger partial charge in [0.25, 0.3) is 0 Å². The van der Waals surface area contributed by atoms with Crippen molar-refractivity contribution in [2.24, 2.45) is 23.0 Å². The lowest BCUT2D eigenvalue weighted by Gasteiger charge is -2.32. The Balaban J connectivity index is 3.14. The van der Waals surface area contributed by atoms with Crippen LogP contribution in [0.5, 0.6) is 0 Å². The van der Waals surface area contributed by atoms with E-state index >= 15 is 0 Å². The Morgan fingerprint density at radius 1 is 1.44 bits per heavy atom. The zero-order valence-corrected chi connectivity index (χ0v) is 11.1. The Hall–Kier alpha value is -1.59. The van der Waals surface area contributed by atoms with Crippen LogP contribution in [0, 0.1) is 17.3 Å². The van der Waals surface area contributed by atoms with Gasteiger partial charge in [-0.25, -0.2) is 4.79 Å². The molecule has 0 aliphatic carbocycles. The van der Waals surface area contributed by atoms with E-state index in [0.29, 0.717) is 0 Å². The highest BCUT2D eigenvalue weighted by Gasteiger charge is 2.58. The molecular formula is C12H20N2O4. The maximum atomic E-state index is 12.2. The number of cyclic esters (lactones) is 1. The van der Waals surface area contributed by atoms with Gasteiger partial charge in [-0.05, 0) is 18.8 Å². The first kappa shape index (κ1) is 14.5. The van der Waals surface area contributed by atoms with Crippen molar-refractivity contribution in [2.75, 3.05) is 0 Å². The number of amides is 3. The minimum Gasteiger partial charge on any atom is -0.462 e. The fourth-order valence-corrected chi connectivity index (χ4v) is 2.42. The van der Waals surface area contributed by atoms with E-state index in [-0.39, 0.29) is 24.4 Å². The third-order valence-corrected chi connectivity index (χ3v) is 3.70. The largest absolute Gasteiger partial charge is 0.462 e. The molecule has 0 spiro atoms. The normalized spacial score (nSPS) is 28.9. The number of ether oxygens (including phenoxy) is 1. The van der Waals surface area contributed by atoms with Crippen LogP contribution in [-0.4, -0.2) is 24.0 Å². The van der Waals surface area contributed by atoms with Crippen LogP contribution in [0.3, 0.4) is 0 Å². The molecule has 6 nitrogen and oxygen atoms in total. The number of rotatable bonds is 3. The summed E-state index contributed by atoms with van der Waals surface area (Å²) in [7, 11) is 0. The van der Waals surface area contributed by atoms with Gasteiger partial charge < -0.3 is 10.5 Å². The molecule has 0 radical (unpaired) electrons. The van der Waals surface area contributed by atoms with Gasteiger partial charge in [0.15, 0.2) is 5.41 Å². The fraction of sp³-hybridized carbons (Fsp3) is 0.750. The van der Waals surface area contributed by atoms with Crippen LogP contribution >= 0.6 is 0 Å². The van der Waals surface area contributed by atoms with E-state index in [4.69, 9.17) is 10.5 Å². The summed E-state index contributed by atoms with van der Waals surface area (Å²) in [6.07, 6.45) is -0.0677. The molecule has 0 aromatic heterocycles. The third-order valence-electron chi connectivity index (χ3n) is 3.70. The summed E-state index contributed by atoms with van der Waals surface area (Å²) in [6.45, 7) is 7.37. The van der Waals surface area contributed by atoms with E-state index in [1.165, 1.54) is 0 Å². The first-order valence-corrected chi connectivity index (χ1v) is 6.03. The number of imide groups is 1. The number of urea groups is 1. The topological polar surface area (TPSA) is 98.5 Å². The van der Waals surface area contributed by atoms with Crippen molar-refractivity contribution in [3.63, 3.8) is 0 Å². The Kier molecular flexibility index (Phi) is 3.98. The molecular weight excluding hydrogens is 236 g/mol. The number of nitrogens with two attached hydrogens (primary N) is 1. The molecule has 1 aliphatic rings. The molecule has 3 N–H and O–H groups in total. The van der Waals surface area contributed by atoms with Crippen molar-refractivity contribution in [1.82, 2.24) is 5.32 Å². The molecule has 0 bridgehead atoms. The minimum absolute atomic E-state index is 0.0986. The third kappa shape index (κ3) is 2.32. The van der Waals surface area contributed by atoms with Gasteiger partial charge in [0.05, 0.1) is 0 Å². The van der Waals surface area contributed by atoms with Crippen LogP contribution in [0.2, 0.25) is 0 Å². The molecule has 6 heteroatoms. The van der Waals surface area contributed by atoms with Gasteiger partial charge in [0, 0.05) is 6.42 Å². The number of hydrogen-bond acceptors (Lipinski definition) is 4. The SMILES string of the molecule is CC1CC(C(=O)NC(N)=O)(C(C)C(C)C)C(=O)O1. The second kappa shape index (κ2) is 4.96. The number of primary amides is 1. The van der Waals surface area contributed by atoms with Gasteiger partial charge in [-0.1, -0.05) is 20.8 Å². The van der Waals surface area contributed by atoms with Crippen molar-refractivity contribution in [2.45, 2.75) is 40.2 Å². The zero-order valence-electron chi connectivity index (χ0n) is 11.1. The summed E-state index contributed by atoms with van der Waals surface area (Å²) in [4.78, 5) is 35.0. The number of carbonyl (C=O) groups is 3. The lowest BCUT2D eigenvalue weighted by atomic mass is 9.68. The first-order chi connectivity index (χ1) is 8.21. The maximum absolute atomic E-state index is 12.2. The summed E-state index contributed by atoms with van der Waals surface area (Å²) in [5, 5.41) is 2.01. The van der Waals surface area contributed by atoms with Crippen molar-refractivity contribution >= 4 is 17.9 Å². The van der Waals surface area contributed by atoms with Gasteiger partial charge in [-0.2, -0.15) is 0 Å². The summed E-state index contributed by atoms with van der Waals surface area (Å²) in [5.41, 5.74) is 3.64. The van der Waals surface area contributed by atoms with E-state index in [0.717, 1.165) is 0 Å². The van der Waals surface area contributed by atoms with Crippen molar-refractivity contribution in [3.05, 3.63) is 0 Å². The van der Waals surface area contributed by atoms with Crippen LogP contribution in [0.25, 0.3) is 0 Å². The molecule has 1 saturated heterocycles. The standard InChI is InChI=1S/C12H20N2O4/c1-6(2)8(4)12(9(15)14-11(13)17)5-7(3)18-10(12)16/h6-8H,5H2,1-4H3,(H3,13,14,15,17). The number of carbonyl (C=O) groups excluding carboxylic acids is 3. The summed E-state index contributed by atoms with van der Waals surface area (Å²) in [5.74, 6) is -1.38. The highest BCUT2D eigenvalue weighted by molar-refractivity contribution is 6.09. The molecule has 3 atom stereocenters. The smallest absolute Gasteiger partial charge is 0.322 e. The zero-order chi connectivity index (χ0) is 14.1. The highest BCUT2D eigenvalue weighted by atomic mass is 16.6. The number of hydrogen-bond donors (Lipinski definition) is 2. The predicted octanol–water partition coefficient (Wildman–Crippen LogP) is 0.795. The van der Waals surface area contributed by atoms with E-state index in [9.17, 15) is 14.4 Å². The monoisotopic (exact) mass is 256 g/mol. The van der Waals surface area contributed by atoms with E-state index < -0.39 is 23.3 Å². The molecule has 1 heterocycles. The van der Waals surface area contributed by atoms with Crippen LogP contribution < -0.4 is 11.1 Å². The van der Waals surface area contributed by atoms with Gasteiger partial charge in [0.2, 0.25) is 5.91 Å². The minimum atomic E-state index is -1.32. The second-order valence-electron chi connectivity index (χ2n) is 5.24. The lowest BCUT2D eigenvalue weighted by Crippen LogP contribution is -2.52. The molecule has 0 aromatic rings. The molecule has 3 unspecified atom stereocenters. The fourth-order valence-electron chi connectivity index (χ4n) is 2.42. The summed E-state index contributed by atoms with van der Waals surface area (Å²) >= 11 is 0. The van der Waals surface area contributed by atoms with Crippen LogP contribution in [0.4, 0.5) is 4.79 Å². The molecule has 0 saturated carbocycles. The van der Waals surface area contributed by atoms with Gasteiger partial charge in [-0.3, -0.25) is 14.9 Å². The average molecular weight is 256 g/mol. The van der Waals surface area contributed by atoms with E-state index in [1.54, 1.807) is 6.92 Å². The lowest BCUT2D eigenvalue weighted by molar-refractivity contribution is -0.156. The van der Waals surface area contributed by atoms with Crippen LogP contribution in [0.15, 0.2) is 0 Å². The van der Waals surface area contributed by atoms with E-state index in [1.807, 2.05) is 26.1 Å². The second-order valence-corrected chi connectivity index (χ2v) is 5.24. The number of esters is 1. The number of nitrogens with one attached hydrogen (secondary N) is 1. The molecule has 1 aliphatic heterocycles. The van der Waals surface area contributed by atoms with E-state index in [2.05, 4.69) is 0 Å². The van der Waals surface area contributed by atoms with Gasteiger partial charge in [-0.15, -0.1) is 0 Å². The summed E-state index contributed by atoms with van der Waals surface area (Å²) < 4.78 is 5.10. The predicted molar refractivity (Wildman–Crippen MR) is 64.3 cm³/mol. The summed E-state index contributed by atoms with van der Waals surface area (Å²) in [6, 6.07) is -0.956. The average Bonchev–Trinajstić information content (AvgIpc) is 2.52. The molecule has 1 fully saturated rings. The maximum Gasteiger partial charge on any atom is 0.322 e.